The van der Waals surface area contributed by atoms with E-state index in [-0.39, 0.29) is 11.6 Å². The number of aromatic nitrogens is 3. The molecule has 0 aromatic carbocycles. The smallest absolute Gasteiger partial charge is 0.356 e. The van der Waals surface area contributed by atoms with Crippen molar-refractivity contribution in [3.05, 3.63) is 34.5 Å². The van der Waals surface area contributed by atoms with Crippen molar-refractivity contribution in [1.29, 1.82) is 0 Å². The molecule has 1 amide bonds. The molecule has 0 spiro atoms. The molecule has 0 fully saturated rings. The molecule has 2 aromatic rings. The monoisotopic (exact) mass is 290 g/mol. The van der Waals surface area contributed by atoms with E-state index < -0.39 is 5.97 Å². The minimum Gasteiger partial charge on any atom is -0.476 e. The molecule has 21 heavy (non-hydrogen) atoms. The minimum atomic E-state index is -1.14. The highest BCUT2D eigenvalue weighted by molar-refractivity contribution is 5.96. The molecule has 8 heteroatoms. The second-order valence-electron chi connectivity index (χ2n) is 4.97. The van der Waals surface area contributed by atoms with Gasteiger partial charge < -0.3 is 14.5 Å². The van der Waals surface area contributed by atoms with E-state index in [1.165, 1.54) is 10.7 Å². The van der Waals surface area contributed by atoms with Crippen molar-refractivity contribution in [2.24, 2.45) is 0 Å². The standard InChI is InChI=1S/C13H14N4O4/c1-7-9(8(2)21-15-7)6-16-3-4-17-11(12(16)18)5-10(14-17)13(19)20/h5H,3-4,6H2,1-2H3,(H,19,20). The van der Waals surface area contributed by atoms with Crippen molar-refractivity contribution in [3.63, 3.8) is 0 Å². The molecule has 0 unspecified atom stereocenters. The van der Waals surface area contributed by atoms with Crippen molar-refractivity contribution < 1.29 is 19.2 Å². The van der Waals surface area contributed by atoms with Gasteiger partial charge in [-0.3, -0.25) is 9.48 Å². The number of nitrogens with zero attached hydrogens (tertiary/aromatic N) is 4. The number of carbonyl (C=O) groups excluding carboxylic acids is 1. The number of fused-ring (bicyclic) bond motifs is 1. The first-order valence-electron chi connectivity index (χ1n) is 6.49. The van der Waals surface area contributed by atoms with Crippen LogP contribution in [0.15, 0.2) is 10.6 Å². The van der Waals surface area contributed by atoms with E-state index in [0.29, 0.717) is 31.1 Å². The maximum absolute atomic E-state index is 12.4. The number of amides is 1. The minimum absolute atomic E-state index is 0.113. The van der Waals surface area contributed by atoms with Crippen LogP contribution in [-0.2, 0) is 13.1 Å². The first kappa shape index (κ1) is 13.3. The molecule has 0 saturated heterocycles. The summed E-state index contributed by atoms with van der Waals surface area (Å²) in [4.78, 5) is 25.0. The van der Waals surface area contributed by atoms with Crippen LogP contribution in [0.1, 0.15) is 38.0 Å². The van der Waals surface area contributed by atoms with Crippen molar-refractivity contribution >= 4 is 11.9 Å². The van der Waals surface area contributed by atoms with Crippen LogP contribution in [0.2, 0.25) is 0 Å². The van der Waals surface area contributed by atoms with Gasteiger partial charge in [-0.1, -0.05) is 5.16 Å². The number of aryl methyl sites for hydroxylation is 2. The highest BCUT2D eigenvalue weighted by Gasteiger charge is 2.29. The third-order valence-corrected chi connectivity index (χ3v) is 3.62. The summed E-state index contributed by atoms with van der Waals surface area (Å²) in [6.07, 6.45) is 0. The van der Waals surface area contributed by atoms with E-state index in [9.17, 15) is 9.59 Å². The van der Waals surface area contributed by atoms with Crippen LogP contribution in [0.3, 0.4) is 0 Å². The van der Waals surface area contributed by atoms with E-state index in [2.05, 4.69) is 10.3 Å². The fourth-order valence-electron chi connectivity index (χ4n) is 2.41. The molecule has 0 atom stereocenters. The zero-order valence-electron chi connectivity index (χ0n) is 11.7. The van der Waals surface area contributed by atoms with Gasteiger partial charge in [-0.2, -0.15) is 5.10 Å². The summed E-state index contributed by atoms with van der Waals surface area (Å²) in [5.74, 6) is -0.686. The third kappa shape index (κ3) is 2.18. The van der Waals surface area contributed by atoms with Crippen LogP contribution in [0.5, 0.6) is 0 Å². The zero-order valence-corrected chi connectivity index (χ0v) is 11.7. The van der Waals surface area contributed by atoms with Gasteiger partial charge in [-0.25, -0.2) is 4.79 Å². The predicted octanol–water partition coefficient (Wildman–Crippen LogP) is 0.842. The number of hydrogen-bond donors (Lipinski definition) is 1. The van der Waals surface area contributed by atoms with Crippen LogP contribution in [0.4, 0.5) is 0 Å². The van der Waals surface area contributed by atoms with Gasteiger partial charge in [0, 0.05) is 18.2 Å². The molecule has 0 saturated carbocycles. The van der Waals surface area contributed by atoms with E-state index in [4.69, 9.17) is 9.63 Å². The fourth-order valence-corrected chi connectivity index (χ4v) is 2.41. The Hall–Kier alpha value is -2.64. The molecule has 3 heterocycles. The topological polar surface area (TPSA) is 101 Å². The molecular formula is C13H14N4O4. The molecule has 1 aliphatic rings. The van der Waals surface area contributed by atoms with E-state index >= 15 is 0 Å². The quantitative estimate of drug-likeness (QED) is 0.898. The highest BCUT2D eigenvalue weighted by atomic mass is 16.5. The number of carbonyl (C=O) groups is 2. The van der Waals surface area contributed by atoms with Crippen LogP contribution >= 0.6 is 0 Å². The lowest BCUT2D eigenvalue weighted by molar-refractivity contribution is 0.0670. The summed E-state index contributed by atoms with van der Waals surface area (Å²) >= 11 is 0. The predicted molar refractivity (Wildman–Crippen MR) is 69.9 cm³/mol. The van der Waals surface area contributed by atoms with Gasteiger partial charge in [0.1, 0.15) is 11.5 Å². The van der Waals surface area contributed by atoms with Gasteiger partial charge in [0.15, 0.2) is 5.69 Å². The van der Waals surface area contributed by atoms with Crippen LogP contribution in [0, 0.1) is 13.8 Å². The van der Waals surface area contributed by atoms with Gasteiger partial charge >= 0.3 is 5.97 Å². The Morgan fingerprint density at radius 2 is 2.19 bits per heavy atom. The molecular weight excluding hydrogens is 276 g/mol. The van der Waals surface area contributed by atoms with Crippen LogP contribution in [-0.4, -0.2) is 43.4 Å². The molecule has 8 nitrogen and oxygen atoms in total. The van der Waals surface area contributed by atoms with Crippen LogP contribution < -0.4 is 0 Å². The van der Waals surface area contributed by atoms with Crippen molar-refractivity contribution in [1.82, 2.24) is 19.8 Å². The maximum atomic E-state index is 12.4. The lowest BCUT2D eigenvalue weighted by atomic mass is 10.1. The molecule has 2 aromatic heterocycles. The Labute approximate surface area is 119 Å². The third-order valence-electron chi connectivity index (χ3n) is 3.62. The zero-order chi connectivity index (χ0) is 15.1. The fraction of sp³-hybridized carbons (Fsp3) is 0.385. The Kier molecular flexibility index (Phi) is 3.00. The van der Waals surface area contributed by atoms with E-state index in [0.717, 1.165) is 11.3 Å². The van der Waals surface area contributed by atoms with E-state index in [1.54, 1.807) is 11.8 Å². The SMILES string of the molecule is Cc1noc(C)c1CN1CCn2nc(C(=O)O)cc2C1=O. The van der Waals surface area contributed by atoms with Gasteiger partial charge in [-0.15, -0.1) is 0 Å². The van der Waals surface area contributed by atoms with E-state index in [1.807, 2.05) is 6.92 Å². The first-order chi connectivity index (χ1) is 9.97. The van der Waals surface area contributed by atoms with Crippen molar-refractivity contribution in [2.75, 3.05) is 6.54 Å². The average molecular weight is 290 g/mol. The summed E-state index contributed by atoms with van der Waals surface area (Å²) in [5.41, 5.74) is 1.82. The lowest BCUT2D eigenvalue weighted by Gasteiger charge is -2.27. The summed E-state index contributed by atoms with van der Waals surface area (Å²) in [7, 11) is 0. The molecule has 1 N–H and O–H groups in total. The second-order valence-corrected chi connectivity index (χ2v) is 4.97. The summed E-state index contributed by atoms with van der Waals surface area (Å²) < 4.78 is 6.53. The van der Waals surface area contributed by atoms with Gasteiger partial charge in [0.2, 0.25) is 0 Å². The Morgan fingerprint density at radius 1 is 1.43 bits per heavy atom. The van der Waals surface area contributed by atoms with Gasteiger partial charge in [-0.05, 0) is 13.8 Å². The molecule has 1 aliphatic heterocycles. The van der Waals surface area contributed by atoms with Gasteiger partial charge in [0.25, 0.3) is 5.91 Å². The highest BCUT2D eigenvalue weighted by Crippen LogP contribution is 2.20. The Morgan fingerprint density at radius 3 is 2.81 bits per heavy atom. The maximum Gasteiger partial charge on any atom is 0.356 e. The largest absolute Gasteiger partial charge is 0.476 e. The summed E-state index contributed by atoms with van der Waals surface area (Å²) in [5, 5.41) is 16.7. The number of rotatable bonds is 3. The molecule has 110 valence electrons. The number of hydrogen-bond acceptors (Lipinski definition) is 5. The normalized spacial score (nSPS) is 14.4. The summed E-state index contributed by atoms with van der Waals surface area (Å²) in [6, 6.07) is 1.31. The average Bonchev–Trinajstić information content (AvgIpc) is 3.00. The Bertz CT molecular complexity index is 711. The van der Waals surface area contributed by atoms with Crippen molar-refractivity contribution in [3.8, 4) is 0 Å². The first-order valence-corrected chi connectivity index (χ1v) is 6.49. The number of aromatic carboxylic acids is 1. The molecule has 0 aliphatic carbocycles. The Balaban J connectivity index is 1.87. The van der Waals surface area contributed by atoms with Crippen molar-refractivity contribution in [2.45, 2.75) is 26.9 Å². The number of carboxylic acid groups (broad SMARTS) is 1. The lowest BCUT2D eigenvalue weighted by Crippen LogP contribution is -2.40. The van der Waals surface area contributed by atoms with Crippen LogP contribution in [0.25, 0.3) is 0 Å². The molecule has 0 bridgehead atoms. The summed E-state index contributed by atoms with van der Waals surface area (Å²) in [6.45, 7) is 4.96. The van der Waals surface area contributed by atoms with Gasteiger partial charge in [0.05, 0.1) is 18.8 Å². The number of carboxylic acids is 1. The molecule has 0 radical (unpaired) electrons. The second kappa shape index (κ2) is 4.72. The molecule has 3 rings (SSSR count).